The number of nitrogens with zero attached hydrogens (tertiary/aromatic N) is 6. The summed E-state index contributed by atoms with van der Waals surface area (Å²) in [4.78, 5) is 19.4. The number of hydrogen-bond acceptors (Lipinski definition) is 6. The van der Waals surface area contributed by atoms with Crippen molar-refractivity contribution in [2.75, 3.05) is 24.3 Å². The Kier molecular flexibility index (Phi) is 4.49. The van der Waals surface area contributed by atoms with Crippen LogP contribution in [0.1, 0.15) is 26.7 Å². The van der Waals surface area contributed by atoms with Crippen LogP contribution in [0.3, 0.4) is 0 Å². The van der Waals surface area contributed by atoms with Gasteiger partial charge < -0.3 is 10.2 Å². The van der Waals surface area contributed by atoms with Gasteiger partial charge in [0.15, 0.2) is 0 Å². The van der Waals surface area contributed by atoms with E-state index in [0.717, 1.165) is 12.8 Å². The van der Waals surface area contributed by atoms with Crippen LogP contribution in [0.4, 0.5) is 11.9 Å². The Labute approximate surface area is 119 Å². The van der Waals surface area contributed by atoms with Crippen LogP contribution >= 0.6 is 0 Å². The molecule has 2 heterocycles. The van der Waals surface area contributed by atoms with Crippen molar-refractivity contribution in [1.29, 1.82) is 0 Å². The van der Waals surface area contributed by atoms with Crippen LogP contribution in [-0.2, 0) is 0 Å². The second-order valence-electron chi connectivity index (χ2n) is 4.56. The molecule has 0 bridgehead atoms. The number of aromatic nitrogens is 5. The third-order valence-electron chi connectivity index (χ3n) is 3.38. The van der Waals surface area contributed by atoms with Crippen molar-refractivity contribution in [2.24, 2.45) is 0 Å². The Morgan fingerprint density at radius 2 is 2.00 bits per heavy atom. The Bertz CT molecular complexity index is 534. The Hall–Kier alpha value is -2.18. The average Bonchev–Trinajstić information content (AvgIpc) is 3.02. The quantitative estimate of drug-likeness (QED) is 0.865. The van der Waals surface area contributed by atoms with E-state index in [-0.39, 0.29) is 0 Å². The number of hydrogen-bond donors (Lipinski definition) is 1. The highest BCUT2D eigenvalue weighted by Gasteiger charge is 2.16. The minimum absolute atomic E-state index is 0.415. The molecule has 0 saturated heterocycles. The topological polar surface area (TPSA) is 71.8 Å². The van der Waals surface area contributed by atoms with Crippen LogP contribution in [-0.4, -0.2) is 44.6 Å². The van der Waals surface area contributed by atoms with Gasteiger partial charge in [-0.1, -0.05) is 13.8 Å². The highest BCUT2D eigenvalue weighted by Crippen LogP contribution is 2.17. The van der Waals surface area contributed by atoms with Crippen molar-refractivity contribution in [3.63, 3.8) is 0 Å². The number of rotatable bonds is 6. The lowest BCUT2D eigenvalue weighted by molar-refractivity contribution is 0.579. The van der Waals surface area contributed by atoms with Gasteiger partial charge in [0.05, 0.1) is 0 Å². The van der Waals surface area contributed by atoms with Crippen LogP contribution < -0.4 is 10.2 Å². The number of nitrogens with one attached hydrogen (secondary N) is 1. The van der Waals surface area contributed by atoms with Crippen LogP contribution in [0, 0.1) is 0 Å². The minimum Gasteiger partial charge on any atom is -0.357 e. The molecule has 1 N–H and O–H groups in total. The van der Waals surface area contributed by atoms with E-state index in [2.05, 4.69) is 44.0 Å². The first kappa shape index (κ1) is 14.2. The molecular weight excluding hydrogens is 254 g/mol. The summed E-state index contributed by atoms with van der Waals surface area (Å²) in [6.45, 7) is 4.34. The zero-order chi connectivity index (χ0) is 14.5. The Morgan fingerprint density at radius 1 is 1.25 bits per heavy atom. The first-order chi connectivity index (χ1) is 9.69. The van der Waals surface area contributed by atoms with Crippen LogP contribution in [0.25, 0.3) is 5.95 Å². The van der Waals surface area contributed by atoms with E-state index in [9.17, 15) is 0 Å². The summed E-state index contributed by atoms with van der Waals surface area (Å²) >= 11 is 0. The zero-order valence-corrected chi connectivity index (χ0v) is 12.4. The highest BCUT2D eigenvalue weighted by molar-refractivity contribution is 5.40. The molecule has 0 saturated carbocycles. The van der Waals surface area contributed by atoms with E-state index in [0.29, 0.717) is 23.9 Å². The molecule has 2 aromatic heterocycles. The predicted molar refractivity (Wildman–Crippen MR) is 79.3 cm³/mol. The second kappa shape index (κ2) is 6.31. The summed E-state index contributed by atoms with van der Waals surface area (Å²) in [5.74, 6) is 1.79. The summed E-state index contributed by atoms with van der Waals surface area (Å²) in [6, 6.07) is 0.415. The molecule has 0 unspecified atom stereocenters. The third kappa shape index (κ3) is 2.87. The summed E-state index contributed by atoms with van der Waals surface area (Å²) in [5.41, 5.74) is 0. The summed E-state index contributed by atoms with van der Waals surface area (Å²) in [5, 5.41) is 2.98. The molecule has 0 aliphatic heterocycles. The number of imidazole rings is 1. The molecule has 7 heteroatoms. The molecule has 20 heavy (non-hydrogen) atoms. The van der Waals surface area contributed by atoms with Crippen molar-refractivity contribution in [3.05, 3.63) is 18.7 Å². The zero-order valence-electron chi connectivity index (χ0n) is 12.4. The van der Waals surface area contributed by atoms with Crippen molar-refractivity contribution in [1.82, 2.24) is 24.5 Å². The maximum atomic E-state index is 4.53. The van der Waals surface area contributed by atoms with Gasteiger partial charge in [-0.15, -0.1) is 0 Å². The van der Waals surface area contributed by atoms with E-state index in [1.165, 1.54) is 0 Å². The van der Waals surface area contributed by atoms with Crippen molar-refractivity contribution < 1.29 is 0 Å². The first-order valence-corrected chi connectivity index (χ1v) is 6.84. The standard InChI is InChI=1S/C13H21N7/c1-5-10(6-2)19(4)12-16-11(14-3)17-13(18-12)20-8-7-15-9-20/h7-10H,5-6H2,1-4H3,(H,14,16,17,18). The maximum Gasteiger partial charge on any atom is 0.241 e. The molecule has 0 aromatic carbocycles. The van der Waals surface area contributed by atoms with Crippen LogP contribution in [0.5, 0.6) is 0 Å². The van der Waals surface area contributed by atoms with Crippen molar-refractivity contribution in [2.45, 2.75) is 32.7 Å². The SMILES string of the molecule is CCC(CC)N(C)c1nc(NC)nc(-n2ccnc2)n1. The normalized spacial score (nSPS) is 10.8. The van der Waals surface area contributed by atoms with Crippen molar-refractivity contribution in [3.8, 4) is 5.95 Å². The first-order valence-electron chi connectivity index (χ1n) is 6.84. The molecule has 0 spiro atoms. The van der Waals surface area contributed by atoms with Crippen LogP contribution in [0.15, 0.2) is 18.7 Å². The molecule has 2 rings (SSSR count). The summed E-state index contributed by atoms with van der Waals surface area (Å²) in [7, 11) is 3.82. The molecule has 0 fully saturated rings. The van der Waals surface area contributed by atoms with Gasteiger partial charge in [0.25, 0.3) is 0 Å². The summed E-state index contributed by atoms with van der Waals surface area (Å²) in [6.07, 6.45) is 7.29. The lowest BCUT2D eigenvalue weighted by Crippen LogP contribution is -2.32. The fourth-order valence-electron chi connectivity index (χ4n) is 2.12. The molecule has 0 amide bonds. The fourth-order valence-corrected chi connectivity index (χ4v) is 2.12. The highest BCUT2D eigenvalue weighted by atomic mass is 15.3. The molecule has 108 valence electrons. The van der Waals surface area contributed by atoms with E-state index in [1.54, 1.807) is 24.1 Å². The van der Waals surface area contributed by atoms with E-state index < -0.39 is 0 Å². The lowest BCUT2D eigenvalue weighted by atomic mass is 10.1. The van der Waals surface area contributed by atoms with Gasteiger partial charge in [0.2, 0.25) is 17.8 Å². The third-order valence-corrected chi connectivity index (χ3v) is 3.38. The largest absolute Gasteiger partial charge is 0.357 e. The Morgan fingerprint density at radius 3 is 2.55 bits per heavy atom. The molecular formula is C13H21N7. The van der Waals surface area contributed by atoms with Gasteiger partial charge in [-0.25, -0.2) is 4.98 Å². The molecule has 0 aliphatic rings. The minimum atomic E-state index is 0.415. The molecule has 0 aliphatic carbocycles. The van der Waals surface area contributed by atoms with E-state index in [4.69, 9.17) is 0 Å². The van der Waals surface area contributed by atoms with E-state index in [1.807, 2.05) is 13.2 Å². The molecule has 7 nitrogen and oxygen atoms in total. The number of anilines is 2. The second-order valence-corrected chi connectivity index (χ2v) is 4.56. The molecule has 0 atom stereocenters. The molecule has 2 aromatic rings. The van der Waals surface area contributed by atoms with Gasteiger partial charge >= 0.3 is 0 Å². The van der Waals surface area contributed by atoms with Gasteiger partial charge in [-0.2, -0.15) is 15.0 Å². The predicted octanol–water partition coefficient (Wildman–Crippen LogP) is 1.72. The monoisotopic (exact) mass is 275 g/mol. The van der Waals surface area contributed by atoms with Gasteiger partial charge in [-0.3, -0.25) is 4.57 Å². The van der Waals surface area contributed by atoms with Gasteiger partial charge in [0, 0.05) is 32.5 Å². The van der Waals surface area contributed by atoms with Gasteiger partial charge in [-0.05, 0) is 12.8 Å². The Balaban J connectivity index is 2.40. The lowest BCUT2D eigenvalue weighted by Gasteiger charge is -2.26. The van der Waals surface area contributed by atoms with Gasteiger partial charge in [0.1, 0.15) is 6.33 Å². The summed E-state index contributed by atoms with van der Waals surface area (Å²) < 4.78 is 1.77. The molecule has 0 radical (unpaired) electrons. The fraction of sp³-hybridized carbons (Fsp3) is 0.538. The van der Waals surface area contributed by atoms with Crippen molar-refractivity contribution >= 4 is 11.9 Å². The maximum absolute atomic E-state index is 4.53. The van der Waals surface area contributed by atoms with E-state index >= 15 is 0 Å². The average molecular weight is 275 g/mol. The van der Waals surface area contributed by atoms with Crippen LogP contribution in [0.2, 0.25) is 0 Å². The smallest absolute Gasteiger partial charge is 0.241 e.